The number of anilines is 1. The topological polar surface area (TPSA) is 53.6 Å². The molecular formula is C18H32N4. The lowest BCUT2D eigenvalue weighted by Gasteiger charge is -2.26. The number of hydrogen-bond donors (Lipinski definition) is 2. The second kappa shape index (κ2) is 8.18. The van der Waals surface area contributed by atoms with Crippen LogP contribution in [0.1, 0.15) is 45.6 Å². The molecule has 0 aliphatic heterocycles. The van der Waals surface area contributed by atoms with Crippen LogP contribution in [0.4, 0.5) is 5.69 Å². The second-order valence-electron chi connectivity index (χ2n) is 7.16. The van der Waals surface area contributed by atoms with Gasteiger partial charge in [-0.1, -0.05) is 39.8 Å². The molecule has 0 aromatic heterocycles. The summed E-state index contributed by atoms with van der Waals surface area (Å²) in [6.45, 7) is 10.5. The fourth-order valence-electron chi connectivity index (χ4n) is 2.52. The number of rotatable bonds is 7. The van der Waals surface area contributed by atoms with E-state index in [2.05, 4.69) is 81.3 Å². The summed E-state index contributed by atoms with van der Waals surface area (Å²) in [5, 5.41) is 3.17. The van der Waals surface area contributed by atoms with Gasteiger partial charge in [-0.05, 0) is 49.5 Å². The van der Waals surface area contributed by atoms with Crippen molar-refractivity contribution in [3.8, 4) is 0 Å². The molecule has 4 nitrogen and oxygen atoms in total. The SMILES string of the molecule is CCC(C)c1ccc(NC(N)=NCC(C)(C)CN(C)C)cc1. The van der Waals surface area contributed by atoms with Gasteiger partial charge in [0.15, 0.2) is 5.96 Å². The molecule has 0 aliphatic rings. The van der Waals surface area contributed by atoms with E-state index in [-0.39, 0.29) is 5.41 Å². The van der Waals surface area contributed by atoms with Crippen LogP contribution in [0.5, 0.6) is 0 Å². The van der Waals surface area contributed by atoms with Crippen molar-refractivity contribution in [2.24, 2.45) is 16.1 Å². The summed E-state index contributed by atoms with van der Waals surface area (Å²) in [6.07, 6.45) is 1.15. The number of guanidine groups is 1. The zero-order valence-electron chi connectivity index (χ0n) is 15.0. The van der Waals surface area contributed by atoms with Crippen LogP contribution in [0, 0.1) is 5.41 Å². The van der Waals surface area contributed by atoms with Gasteiger partial charge in [0.1, 0.15) is 0 Å². The Kier molecular flexibility index (Phi) is 6.88. The van der Waals surface area contributed by atoms with E-state index in [0.717, 1.165) is 18.7 Å². The Bertz CT molecular complexity index is 474. The fraction of sp³-hybridized carbons (Fsp3) is 0.611. The molecule has 0 amide bonds. The van der Waals surface area contributed by atoms with Crippen molar-refractivity contribution in [2.45, 2.75) is 40.0 Å². The van der Waals surface area contributed by atoms with Crippen LogP contribution in [0.25, 0.3) is 0 Å². The highest BCUT2D eigenvalue weighted by Crippen LogP contribution is 2.20. The molecule has 0 aliphatic carbocycles. The first-order valence-corrected chi connectivity index (χ1v) is 8.05. The number of nitrogens with one attached hydrogen (secondary N) is 1. The molecular weight excluding hydrogens is 272 g/mol. The lowest BCUT2D eigenvalue weighted by atomic mass is 9.93. The third-order valence-corrected chi connectivity index (χ3v) is 3.79. The highest BCUT2D eigenvalue weighted by molar-refractivity contribution is 5.92. The zero-order chi connectivity index (χ0) is 16.8. The molecule has 4 heteroatoms. The van der Waals surface area contributed by atoms with Gasteiger partial charge < -0.3 is 16.0 Å². The maximum Gasteiger partial charge on any atom is 0.193 e. The summed E-state index contributed by atoms with van der Waals surface area (Å²) in [4.78, 5) is 6.65. The first-order valence-electron chi connectivity index (χ1n) is 8.05. The van der Waals surface area contributed by atoms with E-state index in [1.54, 1.807) is 0 Å². The number of benzene rings is 1. The zero-order valence-corrected chi connectivity index (χ0v) is 15.0. The van der Waals surface area contributed by atoms with Gasteiger partial charge >= 0.3 is 0 Å². The summed E-state index contributed by atoms with van der Waals surface area (Å²) in [7, 11) is 4.15. The number of nitrogens with zero attached hydrogens (tertiary/aromatic N) is 2. The van der Waals surface area contributed by atoms with Crippen LogP contribution in [0.3, 0.4) is 0 Å². The van der Waals surface area contributed by atoms with Crippen LogP contribution in [-0.2, 0) is 0 Å². The van der Waals surface area contributed by atoms with Gasteiger partial charge in [-0.25, -0.2) is 0 Å². The van der Waals surface area contributed by atoms with E-state index in [1.165, 1.54) is 5.56 Å². The molecule has 0 heterocycles. The van der Waals surface area contributed by atoms with E-state index < -0.39 is 0 Å². The van der Waals surface area contributed by atoms with Gasteiger partial charge in [0.2, 0.25) is 0 Å². The first-order chi connectivity index (χ1) is 10.2. The molecule has 0 saturated carbocycles. The van der Waals surface area contributed by atoms with Crippen molar-refractivity contribution < 1.29 is 0 Å². The number of aliphatic imine (C=N–C) groups is 1. The Balaban J connectivity index is 2.60. The molecule has 0 bridgehead atoms. The highest BCUT2D eigenvalue weighted by atomic mass is 15.1. The Morgan fingerprint density at radius 2 is 1.86 bits per heavy atom. The first kappa shape index (κ1) is 18.5. The maximum atomic E-state index is 5.99. The summed E-state index contributed by atoms with van der Waals surface area (Å²) < 4.78 is 0. The van der Waals surface area contributed by atoms with Crippen LogP contribution in [-0.4, -0.2) is 38.0 Å². The van der Waals surface area contributed by atoms with Gasteiger partial charge in [0.05, 0.1) is 0 Å². The minimum Gasteiger partial charge on any atom is -0.370 e. The minimum absolute atomic E-state index is 0.107. The van der Waals surface area contributed by atoms with Gasteiger partial charge in [-0.3, -0.25) is 4.99 Å². The third-order valence-electron chi connectivity index (χ3n) is 3.79. The predicted octanol–water partition coefficient (Wildman–Crippen LogP) is 3.51. The lowest BCUT2D eigenvalue weighted by Crippen LogP contribution is -2.32. The number of hydrogen-bond acceptors (Lipinski definition) is 2. The average Bonchev–Trinajstić information content (AvgIpc) is 2.44. The maximum absolute atomic E-state index is 5.99. The standard InChI is InChI=1S/C18H32N4/c1-7-14(2)15-8-10-16(11-9-15)21-17(19)20-12-18(3,4)13-22(5)6/h8-11,14H,7,12-13H2,1-6H3,(H3,19,20,21). The molecule has 0 spiro atoms. The van der Waals surface area contributed by atoms with E-state index in [4.69, 9.17) is 5.73 Å². The molecule has 0 radical (unpaired) electrons. The molecule has 1 atom stereocenters. The predicted molar refractivity (Wildman–Crippen MR) is 97.6 cm³/mol. The largest absolute Gasteiger partial charge is 0.370 e. The Morgan fingerprint density at radius 1 is 1.27 bits per heavy atom. The van der Waals surface area contributed by atoms with E-state index in [9.17, 15) is 0 Å². The van der Waals surface area contributed by atoms with E-state index in [0.29, 0.717) is 18.4 Å². The van der Waals surface area contributed by atoms with Crippen molar-refractivity contribution in [3.05, 3.63) is 29.8 Å². The van der Waals surface area contributed by atoms with Crippen LogP contribution in [0.2, 0.25) is 0 Å². The molecule has 1 unspecified atom stereocenters. The minimum atomic E-state index is 0.107. The molecule has 1 aromatic rings. The molecule has 22 heavy (non-hydrogen) atoms. The van der Waals surface area contributed by atoms with Gasteiger partial charge in [0.25, 0.3) is 0 Å². The fourth-order valence-corrected chi connectivity index (χ4v) is 2.52. The van der Waals surface area contributed by atoms with E-state index in [1.807, 2.05) is 0 Å². The summed E-state index contributed by atoms with van der Waals surface area (Å²) >= 11 is 0. The van der Waals surface area contributed by atoms with Crippen molar-refractivity contribution in [3.63, 3.8) is 0 Å². The second-order valence-corrected chi connectivity index (χ2v) is 7.16. The Labute approximate surface area is 135 Å². The van der Waals surface area contributed by atoms with Crippen LogP contribution < -0.4 is 11.1 Å². The normalized spacial score (nSPS) is 14.2. The molecule has 1 aromatic carbocycles. The monoisotopic (exact) mass is 304 g/mol. The van der Waals surface area contributed by atoms with Gasteiger partial charge in [0, 0.05) is 18.8 Å². The smallest absolute Gasteiger partial charge is 0.193 e. The molecule has 124 valence electrons. The molecule has 1 rings (SSSR count). The quantitative estimate of drug-likeness (QED) is 0.598. The van der Waals surface area contributed by atoms with Crippen LogP contribution in [0.15, 0.2) is 29.3 Å². The van der Waals surface area contributed by atoms with Crippen molar-refractivity contribution >= 4 is 11.6 Å². The molecule has 0 fully saturated rings. The van der Waals surface area contributed by atoms with Gasteiger partial charge in [-0.15, -0.1) is 0 Å². The summed E-state index contributed by atoms with van der Waals surface area (Å²) in [5.41, 5.74) is 8.44. The third kappa shape index (κ3) is 6.48. The lowest BCUT2D eigenvalue weighted by molar-refractivity contribution is 0.249. The summed E-state index contributed by atoms with van der Waals surface area (Å²) in [5.74, 6) is 1.06. The van der Waals surface area contributed by atoms with Crippen molar-refractivity contribution in [1.82, 2.24) is 4.90 Å². The van der Waals surface area contributed by atoms with Gasteiger partial charge in [-0.2, -0.15) is 0 Å². The average molecular weight is 304 g/mol. The van der Waals surface area contributed by atoms with Crippen molar-refractivity contribution in [2.75, 3.05) is 32.5 Å². The number of nitrogens with two attached hydrogens (primary N) is 1. The molecule has 0 saturated heterocycles. The Hall–Kier alpha value is -1.55. The van der Waals surface area contributed by atoms with Crippen LogP contribution >= 0.6 is 0 Å². The van der Waals surface area contributed by atoms with E-state index >= 15 is 0 Å². The summed E-state index contributed by atoms with van der Waals surface area (Å²) in [6, 6.07) is 8.43. The molecule has 3 N–H and O–H groups in total. The van der Waals surface area contributed by atoms with Crippen molar-refractivity contribution in [1.29, 1.82) is 0 Å². The Morgan fingerprint density at radius 3 is 2.36 bits per heavy atom. The highest BCUT2D eigenvalue weighted by Gasteiger charge is 2.18.